The van der Waals surface area contributed by atoms with Gasteiger partial charge in [0.1, 0.15) is 11.9 Å². The topological polar surface area (TPSA) is 15.7 Å². The third-order valence-electron chi connectivity index (χ3n) is 17.2. The van der Waals surface area contributed by atoms with Crippen LogP contribution in [-0.2, 0) is 4.74 Å². The molecular weight excluding hydrogens is 765 g/mol. The minimum atomic E-state index is 0.0806. The van der Waals surface area contributed by atoms with Gasteiger partial charge in [0.2, 0.25) is 0 Å². The van der Waals surface area contributed by atoms with Gasteiger partial charge in [-0.15, -0.1) is 0 Å². The van der Waals surface area contributed by atoms with Crippen molar-refractivity contribution < 1.29 is 4.74 Å². The summed E-state index contributed by atoms with van der Waals surface area (Å²) in [5, 5.41) is 0. The molecule has 12 rings (SSSR count). The first-order chi connectivity index (χ1) is 31.2. The Hall–Kier alpha value is -4.76. The molecule has 0 spiro atoms. The molecule has 0 amide bonds. The van der Waals surface area contributed by atoms with Crippen LogP contribution in [0, 0.1) is 29.6 Å². The summed E-state index contributed by atoms with van der Waals surface area (Å²) in [4.78, 5) is 5.67. The molecule has 0 aromatic rings. The summed E-state index contributed by atoms with van der Waals surface area (Å²) in [7, 11) is 0. The SMILES string of the molecule is C1=CCC(C2C=CC(N(C3C=CC4=C(C3)OC3C=C5CC(N(C6=CC=C(C7CCCCC7)CC6)C6C=C7C=CCCC7=CC6)C=CC5=CC43)C3CC=C4C=CCCC4C3)=CC2)C=C1. The summed E-state index contributed by atoms with van der Waals surface area (Å²) in [6.07, 6.45) is 76.4. The standard InChI is InChI=1S/C60H68N2O/c1-3-11-41(12-4-1)45-19-26-51(27-20-45)61(53-30-23-43-15-7-9-17-47(43)35-53)55-32-25-49-38-58-57-34-33-56(40-60(57)63-59(58)39-50(49)37-55)62(54-31-24-44-16-8-10-18-48(44)36-54)52-28-21-46(22-29-52)42-13-5-2-6-14-42/h2,5-6,8-9,13,16-17,19,21,23-26,28-29,32-35,38-39,41-42,46,48,53-56,58-59H,1,3-4,7,10-12,14-15,18,20,22,27,30-31,36-37,40H2. The molecule has 0 radical (unpaired) electrons. The van der Waals surface area contributed by atoms with Crippen molar-refractivity contribution in [3.63, 3.8) is 0 Å². The Morgan fingerprint density at radius 1 is 0.571 bits per heavy atom. The Bertz CT molecular complexity index is 2360. The molecule has 11 aliphatic carbocycles. The van der Waals surface area contributed by atoms with Gasteiger partial charge in [-0.1, -0.05) is 140 Å². The fourth-order valence-corrected chi connectivity index (χ4v) is 13.8. The molecule has 3 nitrogen and oxygen atoms in total. The van der Waals surface area contributed by atoms with Crippen LogP contribution in [0.25, 0.3) is 0 Å². The fraction of sp³-hybridized carbons (Fsp3) is 0.467. The van der Waals surface area contributed by atoms with Gasteiger partial charge in [-0.05, 0) is 160 Å². The van der Waals surface area contributed by atoms with Crippen LogP contribution in [0.4, 0.5) is 0 Å². The molecule has 0 N–H and O–H groups in total. The third kappa shape index (κ3) is 7.84. The summed E-state index contributed by atoms with van der Waals surface area (Å²) >= 11 is 0. The van der Waals surface area contributed by atoms with E-state index in [0.29, 0.717) is 41.9 Å². The molecule has 9 atom stereocenters. The maximum absolute atomic E-state index is 7.14. The highest BCUT2D eigenvalue weighted by atomic mass is 16.5. The molecule has 1 heterocycles. The van der Waals surface area contributed by atoms with Crippen LogP contribution in [0.1, 0.15) is 116 Å². The number of allylic oxidation sites excluding steroid dienone is 21. The van der Waals surface area contributed by atoms with Crippen molar-refractivity contribution in [2.75, 3.05) is 0 Å². The smallest absolute Gasteiger partial charge is 0.127 e. The quantitative estimate of drug-likeness (QED) is 0.242. The monoisotopic (exact) mass is 833 g/mol. The lowest BCUT2D eigenvalue weighted by Crippen LogP contribution is -2.44. The zero-order valence-corrected chi connectivity index (χ0v) is 37.5. The van der Waals surface area contributed by atoms with E-state index < -0.39 is 0 Å². The van der Waals surface area contributed by atoms with Gasteiger partial charge in [0.25, 0.3) is 0 Å². The maximum Gasteiger partial charge on any atom is 0.127 e. The van der Waals surface area contributed by atoms with E-state index >= 15 is 0 Å². The molecule has 0 saturated heterocycles. The Labute approximate surface area is 378 Å². The van der Waals surface area contributed by atoms with Gasteiger partial charge in [0.15, 0.2) is 0 Å². The van der Waals surface area contributed by atoms with Crippen molar-refractivity contribution in [1.29, 1.82) is 0 Å². The van der Waals surface area contributed by atoms with E-state index in [1.165, 1.54) is 110 Å². The minimum absolute atomic E-state index is 0.0806. The molecule has 324 valence electrons. The Kier molecular flexibility index (Phi) is 10.9. The van der Waals surface area contributed by atoms with Gasteiger partial charge < -0.3 is 14.5 Å². The van der Waals surface area contributed by atoms with Crippen LogP contribution in [0.5, 0.6) is 0 Å². The number of fused-ring (bicyclic) bond motifs is 5. The Morgan fingerprint density at radius 3 is 2.33 bits per heavy atom. The van der Waals surface area contributed by atoms with E-state index in [1.807, 2.05) is 0 Å². The van der Waals surface area contributed by atoms with Crippen molar-refractivity contribution in [3.05, 3.63) is 190 Å². The first-order valence-electron chi connectivity index (χ1n) is 25.5. The molecule has 0 aromatic heterocycles. The van der Waals surface area contributed by atoms with Gasteiger partial charge in [-0.25, -0.2) is 0 Å². The van der Waals surface area contributed by atoms with E-state index in [1.54, 1.807) is 16.7 Å². The van der Waals surface area contributed by atoms with Crippen molar-refractivity contribution in [1.82, 2.24) is 9.80 Å². The minimum Gasteiger partial charge on any atom is -0.489 e. The molecular formula is C60H68N2O. The second kappa shape index (κ2) is 17.3. The van der Waals surface area contributed by atoms with E-state index in [-0.39, 0.29) is 12.0 Å². The van der Waals surface area contributed by atoms with Gasteiger partial charge in [-0.2, -0.15) is 0 Å². The number of hydrogen-bond acceptors (Lipinski definition) is 3. The molecule has 0 aromatic carbocycles. The molecule has 0 bridgehead atoms. The first-order valence-corrected chi connectivity index (χ1v) is 25.5. The van der Waals surface area contributed by atoms with Crippen molar-refractivity contribution in [3.8, 4) is 0 Å². The van der Waals surface area contributed by atoms with E-state index in [0.717, 1.165) is 50.9 Å². The van der Waals surface area contributed by atoms with Crippen molar-refractivity contribution >= 4 is 0 Å². The first kappa shape index (κ1) is 39.8. The number of rotatable bonds is 8. The number of ether oxygens (including phenoxy) is 1. The number of hydrogen-bond donors (Lipinski definition) is 0. The lowest BCUT2D eigenvalue weighted by molar-refractivity contribution is 0.130. The van der Waals surface area contributed by atoms with Gasteiger partial charge in [0.05, 0.1) is 18.1 Å². The lowest BCUT2D eigenvalue weighted by atomic mass is 9.77. The normalized spacial score (nSPS) is 35.3. The van der Waals surface area contributed by atoms with Crippen molar-refractivity contribution in [2.24, 2.45) is 29.6 Å². The number of nitrogens with zero attached hydrogens (tertiary/aromatic N) is 2. The van der Waals surface area contributed by atoms with E-state index in [4.69, 9.17) is 4.74 Å². The Morgan fingerprint density at radius 2 is 1.46 bits per heavy atom. The van der Waals surface area contributed by atoms with Gasteiger partial charge in [-0.3, -0.25) is 0 Å². The molecule has 12 aliphatic rings. The fourth-order valence-electron chi connectivity index (χ4n) is 13.8. The van der Waals surface area contributed by atoms with E-state index in [2.05, 4.69) is 143 Å². The Balaban J connectivity index is 0.786. The lowest BCUT2D eigenvalue weighted by Gasteiger charge is -2.45. The highest BCUT2D eigenvalue weighted by Crippen LogP contribution is 2.48. The van der Waals surface area contributed by atoms with Crippen LogP contribution in [0.15, 0.2) is 190 Å². The summed E-state index contributed by atoms with van der Waals surface area (Å²) in [5.74, 6) is 4.19. The van der Waals surface area contributed by atoms with Gasteiger partial charge >= 0.3 is 0 Å². The van der Waals surface area contributed by atoms with Crippen LogP contribution < -0.4 is 0 Å². The second-order valence-corrected chi connectivity index (χ2v) is 20.8. The molecule has 63 heavy (non-hydrogen) atoms. The zero-order valence-electron chi connectivity index (χ0n) is 37.5. The van der Waals surface area contributed by atoms with E-state index in [9.17, 15) is 0 Å². The highest BCUT2D eigenvalue weighted by molar-refractivity contribution is 5.54. The predicted molar refractivity (Wildman–Crippen MR) is 260 cm³/mol. The largest absolute Gasteiger partial charge is 0.489 e. The second-order valence-electron chi connectivity index (χ2n) is 20.8. The molecule has 1 fully saturated rings. The maximum atomic E-state index is 7.14. The molecule has 1 aliphatic heterocycles. The zero-order chi connectivity index (χ0) is 41.7. The molecule has 1 saturated carbocycles. The summed E-state index contributed by atoms with van der Waals surface area (Å²) in [6.45, 7) is 0. The van der Waals surface area contributed by atoms with Gasteiger partial charge in [0, 0.05) is 35.3 Å². The summed E-state index contributed by atoms with van der Waals surface area (Å²) < 4.78 is 7.14. The summed E-state index contributed by atoms with van der Waals surface area (Å²) in [5.41, 5.74) is 13.6. The van der Waals surface area contributed by atoms with Crippen LogP contribution >= 0.6 is 0 Å². The molecule has 9 unspecified atom stereocenters. The van der Waals surface area contributed by atoms with Crippen LogP contribution in [-0.4, -0.2) is 40.1 Å². The molecule has 3 heteroatoms. The van der Waals surface area contributed by atoms with Crippen LogP contribution in [0.2, 0.25) is 0 Å². The summed E-state index contributed by atoms with van der Waals surface area (Å²) in [6, 6.07) is 1.50. The third-order valence-corrected chi connectivity index (χ3v) is 17.2. The predicted octanol–water partition coefficient (Wildman–Crippen LogP) is 14.2. The highest BCUT2D eigenvalue weighted by Gasteiger charge is 2.42. The van der Waals surface area contributed by atoms with Crippen LogP contribution in [0.3, 0.4) is 0 Å². The average Bonchev–Trinajstić information content (AvgIpc) is 3.70. The average molecular weight is 833 g/mol. The van der Waals surface area contributed by atoms with Crippen molar-refractivity contribution in [2.45, 2.75) is 146 Å².